The quantitative estimate of drug-likeness (QED) is 0.896. The van der Waals surface area contributed by atoms with Crippen LogP contribution in [0, 0.1) is 5.82 Å². The Morgan fingerprint density at radius 3 is 2.68 bits per heavy atom. The van der Waals surface area contributed by atoms with Gasteiger partial charge in [0.1, 0.15) is 17.3 Å². The highest BCUT2D eigenvalue weighted by molar-refractivity contribution is 5.87. The van der Waals surface area contributed by atoms with Gasteiger partial charge in [0.2, 0.25) is 0 Å². The number of aromatic carboxylic acids is 1. The Morgan fingerprint density at radius 1 is 1.41 bits per heavy atom. The Balaban J connectivity index is 2.19. The topological polar surface area (TPSA) is 93.8 Å². The van der Waals surface area contributed by atoms with Gasteiger partial charge in [-0.15, -0.1) is 0 Å². The molecule has 0 unspecified atom stereocenters. The SMILES string of the molecule is Cn1nc(-c2c(F)ccc(O)c2C2OCCO2)cc1C(=O)O. The third kappa shape index (κ3) is 2.32. The van der Waals surface area contributed by atoms with E-state index in [0.29, 0.717) is 13.2 Å². The number of carbonyl (C=O) groups is 1. The standard InChI is InChI=1S/C14H13FN2O5/c1-17-9(13(19)20)6-8(16-17)11-7(15)2-3-10(18)12(11)14-21-4-5-22-14/h2-3,6,14,18H,4-5H2,1H3,(H,19,20). The van der Waals surface area contributed by atoms with Crippen molar-refractivity contribution in [3.63, 3.8) is 0 Å². The van der Waals surface area contributed by atoms with Gasteiger partial charge in [0.25, 0.3) is 0 Å². The first-order chi connectivity index (χ1) is 10.5. The summed E-state index contributed by atoms with van der Waals surface area (Å²) in [4.78, 5) is 11.1. The number of hydrogen-bond acceptors (Lipinski definition) is 5. The van der Waals surface area contributed by atoms with Crippen molar-refractivity contribution in [3.8, 4) is 17.0 Å². The molecule has 0 radical (unpaired) electrons. The van der Waals surface area contributed by atoms with E-state index in [0.717, 1.165) is 10.7 Å². The number of benzene rings is 1. The summed E-state index contributed by atoms with van der Waals surface area (Å²) in [6.45, 7) is 0.644. The van der Waals surface area contributed by atoms with Crippen LogP contribution in [0.4, 0.5) is 4.39 Å². The van der Waals surface area contributed by atoms with Gasteiger partial charge < -0.3 is 19.7 Å². The van der Waals surface area contributed by atoms with Crippen molar-refractivity contribution in [1.82, 2.24) is 9.78 Å². The van der Waals surface area contributed by atoms with E-state index in [1.165, 1.54) is 19.2 Å². The predicted octanol–water partition coefficient (Wildman–Crippen LogP) is 1.68. The molecular formula is C14H13FN2O5. The van der Waals surface area contributed by atoms with E-state index in [1.54, 1.807) is 0 Å². The van der Waals surface area contributed by atoms with Gasteiger partial charge >= 0.3 is 5.97 Å². The highest BCUT2D eigenvalue weighted by Crippen LogP contribution is 2.39. The molecule has 2 N–H and O–H groups in total. The van der Waals surface area contributed by atoms with Crippen LogP contribution in [0.3, 0.4) is 0 Å². The molecule has 0 spiro atoms. The monoisotopic (exact) mass is 308 g/mol. The van der Waals surface area contributed by atoms with Crippen LogP contribution in [-0.2, 0) is 16.5 Å². The lowest BCUT2D eigenvalue weighted by molar-refractivity contribution is -0.0452. The summed E-state index contributed by atoms with van der Waals surface area (Å²) in [5.74, 6) is -2.04. The van der Waals surface area contributed by atoms with Crippen molar-refractivity contribution in [1.29, 1.82) is 0 Å². The number of rotatable bonds is 3. The number of hydrogen-bond donors (Lipinski definition) is 2. The average molecular weight is 308 g/mol. The smallest absolute Gasteiger partial charge is 0.354 e. The molecular weight excluding hydrogens is 295 g/mol. The fraction of sp³-hybridized carbons (Fsp3) is 0.286. The van der Waals surface area contributed by atoms with E-state index in [1.807, 2.05) is 0 Å². The first-order valence-electron chi connectivity index (χ1n) is 6.51. The zero-order chi connectivity index (χ0) is 15.9. The molecule has 0 atom stereocenters. The zero-order valence-corrected chi connectivity index (χ0v) is 11.6. The number of halogens is 1. The minimum Gasteiger partial charge on any atom is -0.507 e. The summed E-state index contributed by atoms with van der Waals surface area (Å²) >= 11 is 0. The maximum absolute atomic E-state index is 14.3. The number of aromatic nitrogens is 2. The number of carboxylic acid groups (broad SMARTS) is 1. The molecule has 7 nitrogen and oxygen atoms in total. The molecule has 1 aromatic heterocycles. The van der Waals surface area contributed by atoms with Crippen LogP contribution in [-0.4, -0.2) is 39.2 Å². The normalized spacial score (nSPS) is 15.4. The summed E-state index contributed by atoms with van der Waals surface area (Å²) in [5, 5.41) is 23.1. The molecule has 0 amide bonds. The van der Waals surface area contributed by atoms with Crippen molar-refractivity contribution >= 4 is 5.97 Å². The highest BCUT2D eigenvalue weighted by Gasteiger charge is 2.29. The molecule has 116 valence electrons. The lowest BCUT2D eigenvalue weighted by atomic mass is 10.0. The second-order valence-electron chi connectivity index (χ2n) is 4.77. The number of carboxylic acids is 1. The molecule has 0 aliphatic carbocycles. The van der Waals surface area contributed by atoms with Gasteiger partial charge in [0.05, 0.1) is 24.5 Å². The van der Waals surface area contributed by atoms with E-state index in [4.69, 9.17) is 14.6 Å². The average Bonchev–Trinajstić information content (AvgIpc) is 3.10. The summed E-state index contributed by atoms with van der Waals surface area (Å²) < 4.78 is 26.1. The Hall–Kier alpha value is -2.45. The number of aromatic hydroxyl groups is 1. The number of phenolic OH excluding ortho intramolecular Hbond substituents is 1. The molecule has 0 bridgehead atoms. The van der Waals surface area contributed by atoms with Crippen LogP contribution in [0.2, 0.25) is 0 Å². The molecule has 2 aromatic rings. The molecule has 2 heterocycles. The van der Waals surface area contributed by atoms with Crippen LogP contribution >= 0.6 is 0 Å². The van der Waals surface area contributed by atoms with E-state index in [-0.39, 0.29) is 28.3 Å². The molecule has 3 rings (SSSR count). The van der Waals surface area contributed by atoms with Crippen molar-refractivity contribution in [2.45, 2.75) is 6.29 Å². The molecule has 1 fully saturated rings. The second-order valence-corrected chi connectivity index (χ2v) is 4.77. The van der Waals surface area contributed by atoms with Crippen molar-refractivity contribution in [3.05, 3.63) is 35.3 Å². The van der Waals surface area contributed by atoms with Crippen molar-refractivity contribution in [2.24, 2.45) is 7.05 Å². The number of ether oxygens (including phenoxy) is 2. The molecule has 8 heteroatoms. The minimum atomic E-state index is -1.18. The Bertz CT molecular complexity index is 737. The molecule has 22 heavy (non-hydrogen) atoms. The minimum absolute atomic E-state index is 0.0324. The Morgan fingerprint density at radius 2 is 2.09 bits per heavy atom. The molecule has 1 aromatic carbocycles. The van der Waals surface area contributed by atoms with Gasteiger partial charge in [-0.1, -0.05) is 0 Å². The number of nitrogens with zero attached hydrogens (tertiary/aromatic N) is 2. The summed E-state index contributed by atoms with van der Waals surface area (Å²) in [7, 11) is 1.44. The molecule has 1 aliphatic rings. The van der Waals surface area contributed by atoms with Crippen molar-refractivity contribution < 1.29 is 28.9 Å². The Kier molecular flexibility index (Phi) is 3.55. The third-order valence-corrected chi connectivity index (χ3v) is 3.38. The number of aryl methyl sites for hydroxylation is 1. The van der Waals surface area contributed by atoms with Gasteiger partial charge in [0, 0.05) is 12.6 Å². The van der Waals surface area contributed by atoms with E-state index in [2.05, 4.69) is 5.10 Å². The summed E-state index contributed by atoms with van der Waals surface area (Å²) in [5.41, 5.74) is 0.0573. The van der Waals surface area contributed by atoms with E-state index in [9.17, 15) is 14.3 Å². The molecule has 1 saturated heterocycles. The maximum Gasteiger partial charge on any atom is 0.354 e. The van der Waals surface area contributed by atoms with Crippen LogP contribution < -0.4 is 0 Å². The third-order valence-electron chi connectivity index (χ3n) is 3.38. The zero-order valence-electron chi connectivity index (χ0n) is 11.6. The Labute approximate surface area is 124 Å². The van der Waals surface area contributed by atoms with Gasteiger partial charge in [-0.05, 0) is 18.2 Å². The molecule has 0 saturated carbocycles. The van der Waals surface area contributed by atoms with Gasteiger partial charge in [-0.25, -0.2) is 9.18 Å². The first kappa shape index (κ1) is 14.5. The maximum atomic E-state index is 14.3. The van der Waals surface area contributed by atoms with Gasteiger partial charge in [0.15, 0.2) is 6.29 Å². The van der Waals surface area contributed by atoms with Crippen LogP contribution in [0.25, 0.3) is 11.3 Å². The fourth-order valence-electron chi connectivity index (χ4n) is 2.40. The summed E-state index contributed by atoms with van der Waals surface area (Å²) in [6, 6.07) is 3.51. The first-order valence-corrected chi connectivity index (χ1v) is 6.51. The van der Waals surface area contributed by atoms with Crippen molar-refractivity contribution in [2.75, 3.05) is 13.2 Å². The van der Waals surface area contributed by atoms with Crippen LogP contribution in [0.1, 0.15) is 22.3 Å². The van der Waals surface area contributed by atoms with Gasteiger partial charge in [-0.3, -0.25) is 4.68 Å². The van der Waals surface area contributed by atoms with Crippen LogP contribution in [0.5, 0.6) is 5.75 Å². The van der Waals surface area contributed by atoms with E-state index < -0.39 is 18.1 Å². The fourth-order valence-corrected chi connectivity index (χ4v) is 2.40. The molecule has 1 aliphatic heterocycles. The lowest BCUT2D eigenvalue weighted by Crippen LogP contribution is -2.05. The summed E-state index contributed by atoms with van der Waals surface area (Å²) in [6.07, 6.45) is -0.916. The second kappa shape index (κ2) is 5.39. The predicted molar refractivity (Wildman–Crippen MR) is 71.9 cm³/mol. The lowest BCUT2D eigenvalue weighted by Gasteiger charge is -2.15. The largest absolute Gasteiger partial charge is 0.507 e. The van der Waals surface area contributed by atoms with E-state index >= 15 is 0 Å². The van der Waals surface area contributed by atoms with Crippen LogP contribution in [0.15, 0.2) is 18.2 Å². The van der Waals surface area contributed by atoms with Gasteiger partial charge in [-0.2, -0.15) is 5.10 Å². The highest BCUT2D eigenvalue weighted by atomic mass is 19.1. The number of phenols is 1.